The van der Waals surface area contributed by atoms with E-state index in [4.69, 9.17) is 4.42 Å². The number of hydrogen-bond donors (Lipinski definition) is 1. The fourth-order valence-corrected chi connectivity index (χ4v) is 1.86. The molecule has 0 spiro atoms. The predicted molar refractivity (Wildman–Crippen MR) is 79.4 cm³/mol. The number of alkyl halides is 3. The molecular formula is C13H9F3N4O5. The molecule has 1 aromatic heterocycles. The van der Waals surface area contributed by atoms with Crippen molar-refractivity contribution in [3.8, 4) is 0 Å². The molecule has 1 N–H and O–H groups in total. The first kappa shape index (κ1) is 17.9. The SMILES string of the molecule is Cc1ccc(C=NNc2c([N+](=O)[O-])cc(C(F)(F)F)cc2[N+](=O)[O-])o1. The summed E-state index contributed by atoms with van der Waals surface area (Å²) in [6.07, 6.45) is -3.92. The smallest absolute Gasteiger partial charge is 0.416 e. The number of anilines is 1. The van der Waals surface area contributed by atoms with Crippen LogP contribution in [0.25, 0.3) is 0 Å². The van der Waals surface area contributed by atoms with Crippen LogP contribution in [0.15, 0.2) is 33.8 Å². The number of nitro groups is 2. The third-order valence-corrected chi connectivity index (χ3v) is 2.95. The fraction of sp³-hybridized carbons (Fsp3) is 0.154. The van der Waals surface area contributed by atoms with Crippen LogP contribution in [-0.4, -0.2) is 16.1 Å². The lowest BCUT2D eigenvalue weighted by Gasteiger charge is -2.09. The van der Waals surface area contributed by atoms with Gasteiger partial charge in [0.1, 0.15) is 11.5 Å². The average molecular weight is 358 g/mol. The first-order valence-electron chi connectivity index (χ1n) is 6.49. The van der Waals surface area contributed by atoms with Crippen molar-refractivity contribution in [2.24, 2.45) is 5.10 Å². The van der Waals surface area contributed by atoms with Crippen LogP contribution in [-0.2, 0) is 6.18 Å². The maximum atomic E-state index is 12.8. The van der Waals surface area contributed by atoms with Crippen molar-refractivity contribution in [2.75, 3.05) is 5.43 Å². The number of hydrazone groups is 1. The number of hydrogen-bond acceptors (Lipinski definition) is 7. The normalized spacial score (nSPS) is 11.7. The van der Waals surface area contributed by atoms with Gasteiger partial charge in [0.05, 0.1) is 21.6 Å². The Morgan fingerprint density at radius 1 is 1.16 bits per heavy atom. The highest BCUT2D eigenvalue weighted by Gasteiger charge is 2.37. The van der Waals surface area contributed by atoms with Crippen LogP contribution >= 0.6 is 0 Å². The number of furan rings is 1. The maximum absolute atomic E-state index is 12.8. The van der Waals surface area contributed by atoms with E-state index in [1.54, 1.807) is 13.0 Å². The Bertz CT molecular complexity index is 825. The van der Waals surface area contributed by atoms with E-state index in [0.29, 0.717) is 5.76 Å². The molecule has 1 aromatic carbocycles. The molecule has 0 bridgehead atoms. The number of nitrogens with one attached hydrogen (secondary N) is 1. The second-order valence-electron chi connectivity index (χ2n) is 4.72. The molecule has 12 heteroatoms. The first-order chi connectivity index (χ1) is 11.6. The van der Waals surface area contributed by atoms with Crippen molar-refractivity contribution in [3.05, 3.63) is 61.6 Å². The van der Waals surface area contributed by atoms with Gasteiger partial charge in [0, 0.05) is 12.1 Å². The number of benzene rings is 1. The lowest BCUT2D eigenvalue weighted by Crippen LogP contribution is -2.09. The van der Waals surface area contributed by atoms with Gasteiger partial charge in [-0.3, -0.25) is 25.7 Å². The van der Waals surface area contributed by atoms with E-state index < -0.39 is 38.6 Å². The summed E-state index contributed by atoms with van der Waals surface area (Å²) in [4.78, 5) is 19.7. The lowest BCUT2D eigenvalue weighted by molar-refractivity contribution is -0.392. The molecule has 0 fully saturated rings. The van der Waals surface area contributed by atoms with Crippen LogP contribution in [0.4, 0.5) is 30.2 Å². The van der Waals surface area contributed by atoms with E-state index in [1.165, 1.54) is 6.07 Å². The summed E-state index contributed by atoms with van der Waals surface area (Å²) >= 11 is 0. The van der Waals surface area contributed by atoms with E-state index in [1.807, 2.05) is 5.43 Å². The van der Waals surface area contributed by atoms with Crippen molar-refractivity contribution < 1.29 is 27.4 Å². The Hall–Kier alpha value is -3.44. The van der Waals surface area contributed by atoms with Gasteiger partial charge in [-0.1, -0.05) is 0 Å². The molecule has 0 saturated carbocycles. The van der Waals surface area contributed by atoms with E-state index >= 15 is 0 Å². The van der Waals surface area contributed by atoms with Gasteiger partial charge in [0.15, 0.2) is 0 Å². The zero-order valence-corrected chi connectivity index (χ0v) is 12.4. The summed E-state index contributed by atoms with van der Waals surface area (Å²) in [5.41, 5.74) is -2.51. The highest BCUT2D eigenvalue weighted by atomic mass is 19.4. The molecule has 9 nitrogen and oxygen atoms in total. The molecule has 0 aliphatic rings. The third kappa shape index (κ3) is 4.10. The number of nitro benzene ring substituents is 2. The lowest BCUT2D eigenvalue weighted by atomic mass is 10.1. The van der Waals surface area contributed by atoms with Gasteiger partial charge in [-0.25, -0.2) is 0 Å². The molecule has 2 aromatic rings. The summed E-state index contributed by atoms with van der Waals surface area (Å²) in [6, 6.07) is 3.50. The largest absolute Gasteiger partial charge is 0.460 e. The zero-order valence-electron chi connectivity index (χ0n) is 12.4. The van der Waals surface area contributed by atoms with Crippen molar-refractivity contribution >= 4 is 23.3 Å². The van der Waals surface area contributed by atoms with Crippen molar-refractivity contribution in [2.45, 2.75) is 13.1 Å². The van der Waals surface area contributed by atoms with Crippen molar-refractivity contribution in [1.82, 2.24) is 0 Å². The predicted octanol–water partition coefficient (Wildman–Crippen LogP) is 3.87. The minimum absolute atomic E-state index is 0.196. The minimum atomic E-state index is -4.98. The van der Waals surface area contributed by atoms with Crippen LogP contribution in [0.1, 0.15) is 17.1 Å². The second kappa shape index (κ2) is 6.59. The molecule has 0 radical (unpaired) electrons. The molecule has 0 atom stereocenters. The molecule has 0 amide bonds. The number of rotatable bonds is 5. The quantitative estimate of drug-likeness (QED) is 0.491. The molecule has 0 unspecified atom stereocenters. The Morgan fingerprint density at radius 3 is 2.12 bits per heavy atom. The molecular weight excluding hydrogens is 349 g/mol. The number of aryl methyl sites for hydroxylation is 1. The standard InChI is InChI=1S/C13H9F3N4O5/c1-7-2-3-9(25-7)6-17-18-12-10(19(21)22)4-8(13(14,15)16)5-11(12)20(23)24/h2-6,18H,1H3. The van der Waals surface area contributed by atoms with Crippen LogP contribution < -0.4 is 5.43 Å². The van der Waals surface area contributed by atoms with E-state index in [9.17, 15) is 33.4 Å². The monoisotopic (exact) mass is 358 g/mol. The van der Waals surface area contributed by atoms with Crippen LogP contribution in [0.5, 0.6) is 0 Å². The van der Waals surface area contributed by atoms with E-state index in [-0.39, 0.29) is 17.9 Å². The minimum Gasteiger partial charge on any atom is -0.460 e. The summed E-state index contributed by atoms with van der Waals surface area (Å²) in [6.45, 7) is 1.65. The van der Waals surface area contributed by atoms with Crippen LogP contribution in [0.2, 0.25) is 0 Å². The van der Waals surface area contributed by atoms with Gasteiger partial charge < -0.3 is 4.42 Å². The topological polar surface area (TPSA) is 124 Å². The molecule has 1 heterocycles. The summed E-state index contributed by atoms with van der Waals surface area (Å²) in [5, 5.41) is 25.6. The Kier molecular flexibility index (Phi) is 4.72. The molecule has 25 heavy (non-hydrogen) atoms. The van der Waals surface area contributed by atoms with Crippen LogP contribution in [0.3, 0.4) is 0 Å². The molecule has 132 valence electrons. The highest BCUT2D eigenvalue weighted by molar-refractivity contribution is 5.79. The molecule has 0 saturated heterocycles. The first-order valence-corrected chi connectivity index (χ1v) is 6.49. The van der Waals surface area contributed by atoms with Gasteiger partial charge in [0.25, 0.3) is 0 Å². The summed E-state index contributed by atoms with van der Waals surface area (Å²) < 4.78 is 43.5. The third-order valence-electron chi connectivity index (χ3n) is 2.95. The van der Waals surface area contributed by atoms with Crippen molar-refractivity contribution in [1.29, 1.82) is 0 Å². The number of nitrogens with zero attached hydrogens (tertiary/aromatic N) is 3. The van der Waals surface area contributed by atoms with Crippen molar-refractivity contribution in [3.63, 3.8) is 0 Å². The Balaban J connectivity index is 2.49. The van der Waals surface area contributed by atoms with Gasteiger partial charge in [-0.15, -0.1) is 0 Å². The van der Waals surface area contributed by atoms with E-state index in [0.717, 1.165) is 6.21 Å². The van der Waals surface area contributed by atoms with Gasteiger partial charge in [0.2, 0.25) is 5.69 Å². The van der Waals surface area contributed by atoms with E-state index in [2.05, 4.69) is 5.10 Å². The van der Waals surface area contributed by atoms with Gasteiger partial charge in [-0.2, -0.15) is 18.3 Å². The fourth-order valence-electron chi connectivity index (χ4n) is 1.86. The molecule has 0 aliphatic heterocycles. The zero-order chi connectivity index (χ0) is 18.8. The van der Waals surface area contributed by atoms with Gasteiger partial charge in [-0.05, 0) is 19.1 Å². The summed E-state index contributed by atoms with van der Waals surface area (Å²) in [7, 11) is 0. The van der Waals surface area contributed by atoms with Gasteiger partial charge >= 0.3 is 17.6 Å². The number of halogens is 3. The molecule has 0 aliphatic carbocycles. The molecule has 2 rings (SSSR count). The maximum Gasteiger partial charge on any atom is 0.416 e. The van der Waals surface area contributed by atoms with Crippen LogP contribution in [0, 0.1) is 27.2 Å². The summed E-state index contributed by atoms with van der Waals surface area (Å²) in [5.74, 6) is 0.787. The highest BCUT2D eigenvalue weighted by Crippen LogP contribution is 2.41. The average Bonchev–Trinajstić information content (AvgIpc) is 2.91. The second-order valence-corrected chi connectivity index (χ2v) is 4.72. The Morgan fingerprint density at radius 2 is 1.72 bits per heavy atom. The Labute approximate surface area is 137 Å².